The number of halogens is 3. The van der Waals surface area contributed by atoms with Crippen LogP contribution in [0.25, 0.3) is 11.1 Å². The fraction of sp³-hybridized carbons (Fsp3) is 0.0714. The molecule has 1 nitrogen and oxygen atoms in total. The van der Waals surface area contributed by atoms with Gasteiger partial charge >= 0.3 is 0 Å². The van der Waals surface area contributed by atoms with Crippen molar-refractivity contribution in [3.8, 4) is 11.1 Å². The largest absolute Gasteiger partial charge is 0.293 e. The number of rotatable bonds is 3. The standard InChI is InChI=1S/C14H9ClFIO/c15-8-13(18)10-6-11(14(17)12(16)7-10)9-4-2-1-3-5-9/h1-7H,8H2. The van der Waals surface area contributed by atoms with E-state index in [2.05, 4.69) is 0 Å². The molecule has 4 heteroatoms. The second-order valence-electron chi connectivity index (χ2n) is 3.74. The highest BCUT2D eigenvalue weighted by molar-refractivity contribution is 14.1. The van der Waals surface area contributed by atoms with Gasteiger partial charge in [0.2, 0.25) is 0 Å². The fourth-order valence-electron chi connectivity index (χ4n) is 1.65. The first-order valence-corrected chi connectivity index (χ1v) is 6.88. The van der Waals surface area contributed by atoms with Gasteiger partial charge in [0.05, 0.1) is 9.45 Å². The lowest BCUT2D eigenvalue weighted by Crippen LogP contribution is -2.03. The highest BCUT2D eigenvalue weighted by atomic mass is 127. The minimum atomic E-state index is -0.398. The van der Waals surface area contributed by atoms with Gasteiger partial charge in [-0.25, -0.2) is 4.39 Å². The molecular formula is C14H9ClFIO. The summed E-state index contributed by atoms with van der Waals surface area (Å²) in [6.07, 6.45) is 0. The molecule has 0 spiro atoms. The predicted molar refractivity (Wildman–Crippen MR) is 79.6 cm³/mol. The SMILES string of the molecule is O=C(CCl)c1cc(F)c(I)c(-c2ccccc2)c1. The molecule has 0 unspecified atom stereocenters. The lowest BCUT2D eigenvalue weighted by atomic mass is 10.0. The Labute approximate surface area is 123 Å². The van der Waals surface area contributed by atoms with Gasteiger partial charge in [-0.3, -0.25) is 4.79 Å². The molecule has 2 rings (SSSR count). The normalized spacial score (nSPS) is 10.4. The minimum absolute atomic E-state index is 0.145. The lowest BCUT2D eigenvalue weighted by molar-refractivity contribution is 0.102. The Morgan fingerprint density at radius 1 is 1.22 bits per heavy atom. The van der Waals surface area contributed by atoms with E-state index in [1.807, 2.05) is 52.9 Å². The quantitative estimate of drug-likeness (QED) is 0.439. The Hall–Kier alpha value is -0.940. The summed E-state index contributed by atoms with van der Waals surface area (Å²) in [6, 6.07) is 12.3. The molecular weight excluding hydrogens is 366 g/mol. The molecule has 0 saturated heterocycles. The first kappa shape index (κ1) is 13.5. The van der Waals surface area contributed by atoms with Crippen LogP contribution >= 0.6 is 34.2 Å². The fourth-order valence-corrected chi connectivity index (χ4v) is 2.43. The summed E-state index contributed by atoms with van der Waals surface area (Å²) < 4.78 is 14.3. The molecule has 0 N–H and O–H groups in total. The third-order valence-corrected chi connectivity index (χ3v) is 3.90. The highest BCUT2D eigenvalue weighted by Crippen LogP contribution is 2.28. The van der Waals surface area contributed by atoms with Gasteiger partial charge < -0.3 is 0 Å². The summed E-state index contributed by atoms with van der Waals surface area (Å²) in [5, 5.41) is 0. The first-order valence-electron chi connectivity index (χ1n) is 5.27. The number of Topliss-reactive ketones (excluding diaryl/α,β-unsaturated/α-hetero) is 1. The summed E-state index contributed by atoms with van der Waals surface area (Å²) >= 11 is 7.44. The topological polar surface area (TPSA) is 17.1 Å². The van der Waals surface area contributed by atoms with Gasteiger partial charge in [0.25, 0.3) is 0 Å². The van der Waals surface area contributed by atoms with Gasteiger partial charge in [-0.15, -0.1) is 11.6 Å². The van der Waals surface area contributed by atoms with Crippen molar-refractivity contribution in [1.82, 2.24) is 0 Å². The van der Waals surface area contributed by atoms with E-state index in [9.17, 15) is 9.18 Å². The molecule has 2 aromatic rings. The minimum Gasteiger partial charge on any atom is -0.293 e. The summed E-state index contributed by atoms with van der Waals surface area (Å²) in [7, 11) is 0. The van der Waals surface area contributed by atoms with Crippen molar-refractivity contribution in [3.05, 3.63) is 57.4 Å². The van der Waals surface area contributed by atoms with Crippen LogP contribution in [-0.2, 0) is 0 Å². The summed E-state index contributed by atoms with van der Waals surface area (Å²) in [5.74, 6) is -0.816. The van der Waals surface area contributed by atoms with Gasteiger partial charge in [0, 0.05) is 5.56 Å². The number of alkyl halides is 1. The molecule has 0 heterocycles. The average Bonchev–Trinajstić information content (AvgIpc) is 2.41. The smallest absolute Gasteiger partial charge is 0.177 e. The molecule has 2 aromatic carbocycles. The van der Waals surface area contributed by atoms with E-state index < -0.39 is 5.82 Å². The van der Waals surface area contributed by atoms with Gasteiger partial charge in [-0.1, -0.05) is 30.3 Å². The van der Waals surface area contributed by atoms with Gasteiger partial charge in [0.15, 0.2) is 5.78 Å². The van der Waals surface area contributed by atoms with Crippen LogP contribution in [0.5, 0.6) is 0 Å². The third kappa shape index (κ3) is 2.72. The molecule has 0 saturated carbocycles. The van der Waals surface area contributed by atoms with E-state index in [4.69, 9.17) is 11.6 Å². The number of carbonyl (C=O) groups excluding carboxylic acids is 1. The van der Waals surface area contributed by atoms with Crippen LogP contribution in [0.2, 0.25) is 0 Å². The zero-order valence-corrected chi connectivity index (χ0v) is 12.2. The van der Waals surface area contributed by atoms with E-state index >= 15 is 0 Å². The zero-order chi connectivity index (χ0) is 13.1. The predicted octanol–water partition coefficient (Wildman–Crippen LogP) is 4.52. The molecule has 0 atom stereocenters. The third-order valence-electron chi connectivity index (χ3n) is 2.56. The Morgan fingerprint density at radius 2 is 1.89 bits per heavy atom. The molecule has 0 aromatic heterocycles. The number of hydrogen-bond acceptors (Lipinski definition) is 1. The first-order chi connectivity index (χ1) is 8.63. The van der Waals surface area contributed by atoms with E-state index in [0.29, 0.717) is 14.7 Å². The molecule has 0 amide bonds. The van der Waals surface area contributed by atoms with Crippen molar-refractivity contribution in [3.63, 3.8) is 0 Å². The van der Waals surface area contributed by atoms with Crippen molar-refractivity contribution in [2.75, 3.05) is 5.88 Å². The maximum absolute atomic E-state index is 13.8. The van der Waals surface area contributed by atoms with Crippen molar-refractivity contribution >= 4 is 40.0 Å². The Morgan fingerprint density at radius 3 is 2.50 bits per heavy atom. The van der Waals surface area contributed by atoms with Crippen molar-refractivity contribution < 1.29 is 9.18 Å². The van der Waals surface area contributed by atoms with Crippen molar-refractivity contribution in [2.45, 2.75) is 0 Å². The molecule has 0 radical (unpaired) electrons. The summed E-state index contributed by atoms with van der Waals surface area (Å²) in [5.41, 5.74) is 1.90. The molecule has 0 aliphatic heterocycles. The number of benzene rings is 2. The van der Waals surface area contributed by atoms with Gasteiger partial charge in [0.1, 0.15) is 5.82 Å². The maximum atomic E-state index is 13.8. The second-order valence-corrected chi connectivity index (χ2v) is 5.09. The number of hydrogen-bond donors (Lipinski definition) is 0. The van der Waals surface area contributed by atoms with Crippen LogP contribution in [-0.4, -0.2) is 11.7 Å². The van der Waals surface area contributed by atoms with Crippen LogP contribution in [0, 0.1) is 9.39 Å². The van der Waals surface area contributed by atoms with E-state index in [1.54, 1.807) is 6.07 Å². The Kier molecular flexibility index (Phi) is 4.35. The van der Waals surface area contributed by atoms with Crippen LogP contribution < -0.4 is 0 Å². The molecule has 0 aliphatic carbocycles. The highest BCUT2D eigenvalue weighted by Gasteiger charge is 2.13. The second kappa shape index (κ2) is 5.80. The molecule has 92 valence electrons. The van der Waals surface area contributed by atoms with Crippen LogP contribution in [0.15, 0.2) is 42.5 Å². The van der Waals surface area contributed by atoms with Crippen molar-refractivity contribution in [1.29, 1.82) is 0 Å². The number of ketones is 1. The van der Waals surface area contributed by atoms with Crippen LogP contribution in [0.1, 0.15) is 10.4 Å². The van der Waals surface area contributed by atoms with E-state index in [1.165, 1.54) is 6.07 Å². The lowest BCUT2D eigenvalue weighted by Gasteiger charge is -2.08. The molecule has 18 heavy (non-hydrogen) atoms. The Balaban J connectivity index is 2.60. The van der Waals surface area contributed by atoms with Crippen molar-refractivity contribution in [2.24, 2.45) is 0 Å². The summed E-state index contributed by atoms with van der Waals surface area (Å²) in [6.45, 7) is 0. The molecule has 0 fully saturated rings. The van der Waals surface area contributed by atoms with E-state index in [0.717, 1.165) is 5.56 Å². The van der Waals surface area contributed by atoms with Crippen LogP contribution in [0.4, 0.5) is 4.39 Å². The average molecular weight is 375 g/mol. The van der Waals surface area contributed by atoms with Gasteiger partial charge in [-0.05, 0) is 45.9 Å². The van der Waals surface area contributed by atoms with Crippen LogP contribution in [0.3, 0.4) is 0 Å². The monoisotopic (exact) mass is 374 g/mol. The van der Waals surface area contributed by atoms with E-state index in [-0.39, 0.29) is 11.7 Å². The molecule has 0 aliphatic rings. The number of carbonyl (C=O) groups is 1. The Bertz CT molecular complexity index is 584. The summed E-state index contributed by atoms with van der Waals surface area (Å²) in [4.78, 5) is 11.6. The maximum Gasteiger partial charge on any atom is 0.177 e. The van der Waals surface area contributed by atoms with Gasteiger partial charge in [-0.2, -0.15) is 0 Å². The zero-order valence-electron chi connectivity index (χ0n) is 9.29. The molecule has 0 bridgehead atoms.